The van der Waals surface area contributed by atoms with Gasteiger partial charge >= 0.3 is 0 Å². The summed E-state index contributed by atoms with van der Waals surface area (Å²) < 4.78 is 21.6. The number of carbonyl (C=O) groups excluding carboxylic acids is 3. The lowest BCUT2D eigenvalue weighted by Crippen LogP contribution is -2.41. The molecular weight excluding hydrogens is 541 g/mol. The number of ketones is 2. The molecule has 9 heteroatoms. The van der Waals surface area contributed by atoms with Crippen LogP contribution in [-0.4, -0.2) is 45.4 Å². The summed E-state index contributed by atoms with van der Waals surface area (Å²) in [7, 11) is 0. The van der Waals surface area contributed by atoms with E-state index < -0.39 is 5.82 Å². The van der Waals surface area contributed by atoms with Crippen molar-refractivity contribution in [2.45, 2.75) is 45.4 Å². The van der Waals surface area contributed by atoms with Crippen LogP contribution in [0.25, 0.3) is 20.8 Å². The maximum absolute atomic E-state index is 14.9. The molecule has 7 nitrogen and oxygen atoms in total. The Balaban J connectivity index is 1.17. The predicted octanol–water partition coefficient (Wildman–Crippen LogP) is 6.64. The largest absolute Gasteiger partial charge is 0.453 e. The average Bonchev–Trinajstić information content (AvgIpc) is 3.67. The standard InChI is InChI=1S/C32H30FN3O4S/c1-19(37)23-3-2-12-36(18-23)32(39)22-7-8-26(35-17-22)30-16-27-31(41-30)29(10-11-34-27)40-28-9-6-21(15-25(28)33)14-24(38)13-20-4-5-20/h6-11,15-17,20,23H,2-5,12-14,18H2,1H3. The summed E-state index contributed by atoms with van der Waals surface area (Å²) in [6.45, 7) is 2.66. The van der Waals surface area contributed by atoms with Crippen molar-refractivity contribution in [1.82, 2.24) is 14.9 Å². The number of hydrogen-bond acceptors (Lipinski definition) is 7. The van der Waals surface area contributed by atoms with Crippen LogP contribution in [0.4, 0.5) is 4.39 Å². The molecule has 4 heterocycles. The third kappa shape index (κ3) is 6.20. The first-order chi connectivity index (χ1) is 19.8. The van der Waals surface area contributed by atoms with Gasteiger partial charge in [0.2, 0.25) is 0 Å². The van der Waals surface area contributed by atoms with E-state index in [0.717, 1.165) is 35.3 Å². The molecule has 1 saturated heterocycles. The van der Waals surface area contributed by atoms with Crippen LogP contribution in [0.5, 0.6) is 11.5 Å². The molecule has 1 aliphatic heterocycles. The number of thiophene rings is 1. The molecule has 1 atom stereocenters. The number of pyridine rings is 2. The van der Waals surface area contributed by atoms with Gasteiger partial charge in [-0.05, 0) is 74.4 Å². The molecule has 3 aromatic heterocycles. The van der Waals surface area contributed by atoms with Gasteiger partial charge in [0.1, 0.15) is 17.3 Å². The number of piperidine rings is 1. The fourth-order valence-corrected chi connectivity index (χ4v) is 6.31. The topological polar surface area (TPSA) is 89.5 Å². The second kappa shape index (κ2) is 11.5. The normalized spacial score (nSPS) is 17.0. The first-order valence-electron chi connectivity index (χ1n) is 14.0. The summed E-state index contributed by atoms with van der Waals surface area (Å²) in [6.07, 6.45) is 7.84. The summed E-state index contributed by atoms with van der Waals surface area (Å²) >= 11 is 1.42. The quantitative estimate of drug-likeness (QED) is 0.224. The summed E-state index contributed by atoms with van der Waals surface area (Å²) in [5, 5.41) is 0. The number of hydrogen-bond donors (Lipinski definition) is 0. The maximum atomic E-state index is 14.9. The molecule has 1 amide bonds. The van der Waals surface area contributed by atoms with Gasteiger partial charge in [0, 0.05) is 50.3 Å². The first kappa shape index (κ1) is 27.2. The van der Waals surface area contributed by atoms with E-state index in [1.54, 1.807) is 54.5 Å². The van der Waals surface area contributed by atoms with Crippen LogP contribution in [0.2, 0.25) is 0 Å². The van der Waals surface area contributed by atoms with E-state index in [0.29, 0.717) is 53.5 Å². The molecule has 0 spiro atoms. The van der Waals surface area contributed by atoms with E-state index in [1.807, 2.05) is 6.07 Å². The summed E-state index contributed by atoms with van der Waals surface area (Å²) in [4.78, 5) is 48.6. The van der Waals surface area contributed by atoms with Crippen LogP contribution in [0, 0.1) is 17.7 Å². The van der Waals surface area contributed by atoms with Crippen molar-refractivity contribution in [3.8, 4) is 22.1 Å². The summed E-state index contributed by atoms with van der Waals surface area (Å²) in [5.41, 5.74) is 2.50. The van der Waals surface area contributed by atoms with Crippen molar-refractivity contribution in [2.75, 3.05) is 13.1 Å². The lowest BCUT2D eigenvalue weighted by Gasteiger charge is -2.31. The molecule has 0 bridgehead atoms. The third-order valence-corrected chi connectivity index (χ3v) is 8.91. The third-order valence-electron chi connectivity index (χ3n) is 7.75. The van der Waals surface area contributed by atoms with E-state index >= 15 is 0 Å². The number of ether oxygens (including phenoxy) is 1. The van der Waals surface area contributed by atoms with E-state index in [1.165, 1.54) is 17.4 Å². The zero-order chi connectivity index (χ0) is 28.5. The van der Waals surface area contributed by atoms with Gasteiger partial charge in [0.25, 0.3) is 5.91 Å². The lowest BCUT2D eigenvalue weighted by atomic mass is 9.94. The van der Waals surface area contributed by atoms with Crippen LogP contribution in [0.3, 0.4) is 0 Å². The minimum absolute atomic E-state index is 0.0801. The maximum Gasteiger partial charge on any atom is 0.255 e. The van der Waals surface area contributed by atoms with Crippen LogP contribution >= 0.6 is 11.3 Å². The van der Waals surface area contributed by atoms with Crippen molar-refractivity contribution < 1.29 is 23.5 Å². The van der Waals surface area contributed by atoms with Gasteiger partial charge in [-0.3, -0.25) is 24.4 Å². The highest BCUT2D eigenvalue weighted by Gasteiger charge is 2.27. The Kier molecular flexibility index (Phi) is 7.62. The highest BCUT2D eigenvalue weighted by Crippen LogP contribution is 2.39. The van der Waals surface area contributed by atoms with Gasteiger partial charge in [0.15, 0.2) is 11.6 Å². The molecule has 1 aromatic carbocycles. The minimum atomic E-state index is -0.520. The number of benzene rings is 1. The monoisotopic (exact) mass is 571 g/mol. The van der Waals surface area contributed by atoms with E-state index in [4.69, 9.17) is 4.74 Å². The van der Waals surface area contributed by atoms with Gasteiger partial charge in [-0.15, -0.1) is 11.3 Å². The fourth-order valence-electron chi connectivity index (χ4n) is 5.26. The Bertz CT molecular complexity index is 1630. The molecule has 2 aliphatic rings. The molecule has 1 aliphatic carbocycles. The van der Waals surface area contributed by atoms with Crippen molar-refractivity contribution in [2.24, 2.45) is 11.8 Å². The highest BCUT2D eigenvalue weighted by atomic mass is 32.1. The number of Topliss-reactive ketones (excluding diaryl/α,β-unsaturated/α-hetero) is 2. The van der Waals surface area contributed by atoms with E-state index in [2.05, 4.69) is 9.97 Å². The lowest BCUT2D eigenvalue weighted by molar-refractivity contribution is -0.122. The Labute approximate surface area is 241 Å². The Morgan fingerprint density at radius 3 is 2.63 bits per heavy atom. The number of nitrogens with zero attached hydrogens (tertiary/aromatic N) is 3. The van der Waals surface area contributed by atoms with Gasteiger partial charge < -0.3 is 9.64 Å². The van der Waals surface area contributed by atoms with E-state index in [-0.39, 0.29) is 35.6 Å². The zero-order valence-electron chi connectivity index (χ0n) is 22.8. The molecule has 4 aromatic rings. The fraction of sp³-hybridized carbons (Fsp3) is 0.344. The molecule has 2 fully saturated rings. The first-order valence-corrected chi connectivity index (χ1v) is 14.8. The second-order valence-electron chi connectivity index (χ2n) is 11.0. The Morgan fingerprint density at radius 2 is 1.90 bits per heavy atom. The van der Waals surface area contributed by atoms with Crippen LogP contribution in [0.1, 0.15) is 54.9 Å². The molecule has 6 rings (SSSR count). The number of rotatable bonds is 9. The number of halogens is 1. The number of amides is 1. The summed E-state index contributed by atoms with van der Waals surface area (Å²) in [5.74, 6) is 0.579. The van der Waals surface area contributed by atoms with Crippen molar-refractivity contribution in [1.29, 1.82) is 0 Å². The highest BCUT2D eigenvalue weighted by molar-refractivity contribution is 7.22. The van der Waals surface area contributed by atoms with Crippen molar-refractivity contribution >= 4 is 39.0 Å². The number of aromatic nitrogens is 2. The molecule has 0 radical (unpaired) electrons. The van der Waals surface area contributed by atoms with Gasteiger partial charge in [-0.2, -0.15) is 0 Å². The van der Waals surface area contributed by atoms with E-state index in [9.17, 15) is 18.8 Å². The number of carbonyl (C=O) groups is 3. The molecule has 41 heavy (non-hydrogen) atoms. The Hall–Kier alpha value is -3.98. The van der Waals surface area contributed by atoms with Crippen molar-refractivity contribution in [3.63, 3.8) is 0 Å². The van der Waals surface area contributed by atoms with Gasteiger partial charge in [-0.1, -0.05) is 6.07 Å². The molecular formula is C32H30FN3O4S. The smallest absolute Gasteiger partial charge is 0.255 e. The molecule has 1 saturated carbocycles. The van der Waals surface area contributed by atoms with Gasteiger partial charge in [-0.25, -0.2) is 4.39 Å². The van der Waals surface area contributed by atoms with Crippen LogP contribution in [0.15, 0.2) is 54.9 Å². The minimum Gasteiger partial charge on any atom is -0.453 e. The SMILES string of the molecule is CC(=O)C1CCCN(C(=O)c2ccc(-c3cc4nccc(Oc5ccc(CC(=O)CC6CC6)cc5F)c4s3)nc2)C1. The van der Waals surface area contributed by atoms with Crippen LogP contribution < -0.4 is 4.74 Å². The number of fused-ring (bicyclic) bond motifs is 1. The second-order valence-corrected chi connectivity index (χ2v) is 12.0. The molecule has 1 unspecified atom stereocenters. The molecule has 210 valence electrons. The van der Waals surface area contributed by atoms with Gasteiger partial charge in [0.05, 0.1) is 26.4 Å². The Morgan fingerprint density at radius 1 is 1.05 bits per heavy atom. The van der Waals surface area contributed by atoms with Crippen molar-refractivity contribution in [3.05, 3.63) is 71.8 Å². The summed E-state index contributed by atoms with van der Waals surface area (Å²) in [6, 6.07) is 11.8. The zero-order valence-corrected chi connectivity index (χ0v) is 23.6. The van der Waals surface area contributed by atoms with Crippen LogP contribution in [-0.2, 0) is 16.0 Å². The number of likely N-dealkylation sites (tertiary alicyclic amines) is 1. The average molecular weight is 572 g/mol. The molecule has 0 N–H and O–H groups in total. The predicted molar refractivity (Wildman–Crippen MR) is 155 cm³/mol.